The van der Waals surface area contributed by atoms with Crippen LogP contribution in [0.15, 0.2) is 0 Å². The lowest BCUT2D eigenvalue weighted by atomic mass is 9.95. The van der Waals surface area contributed by atoms with E-state index in [0.29, 0.717) is 18.0 Å². The number of halogens is 1. The maximum atomic E-state index is 6.03. The largest absolute Gasteiger partial charge is 0.327 e. The van der Waals surface area contributed by atoms with Crippen LogP contribution in [0.3, 0.4) is 0 Å². The molecule has 2 heterocycles. The Hall–Kier alpha value is -0.720. The van der Waals surface area contributed by atoms with Crippen molar-refractivity contribution in [3.8, 4) is 0 Å². The van der Waals surface area contributed by atoms with E-state index in [4.69, 9.17) is 5.73 Å². The molecule has 0 amide bonds. The van der Waals surface area contributed by atoms with Crippen molar-refractivity contribution in [2.24, 2.45) is 11.7 Å². The molecule has 2 unspecified atom stereocenters. The van der Waals surface area contributed by atoms with Gasteiger partial charge in [-0.25, -0.2) is 4.68 Å². The van der Waals surface area contributed by atoms with Crippen molar-refractivity contribution in [2.45, 2.75) is 44.8 Å². The lowest BCUT2D eigenvalue weighted by Gasteiger charge is -2.34. The van der Waals surface area contributed by atoms with E-state index in [1.54, 1.807) is 0 Å². The van der Waals surface area contributed by atoms with Gasteiger partial charge in [0.1, 0.15) is 0 Å². The number of tetrazole rings is 1. The van der Waals surface area contributed by atoms with Crippen LogP contribution >= 0.6 is 12.4 Å². The zero-order valence-electron chi connectivity index (χ0n) is 10.7. The second-order valence-electron chi connectivity index (χ2n) is 5.44. The highest BCUT2D eigenvalue weighted by molar-refractivity contribution is 5.85. The SMILES string of the molecule is CC1CN(Cc2nnnn2C2CC2)CCC1N.Cl. The molecule has 0 radical (unpaired) electrons. The summed E-state index contributed by atoms with van der Waals surface area (Å²) in [6.07, 6.45) is 3.52. The molecule has 1 saturated heterocycles. The quantitative estimate of drug-likeness (QED) is 0.872. The van der Waals surface area contributed by atoms with Gasteiger partial charge in [-0.2, -0.15) is 0 Å². The van der Waals surface area contributed by atoms with Gasteiger partial charge in [-0.15, -0.1) is 17.5 Å². The molecular formula is C11H21ClN6. The lowest BCUT2D eigenvalue weighted by molar-refractivity contribution is 0.152. The summed E-state index contributed by atoms with van der Waals surface area (Å²) in [6.45, 7) is 5.20. The Morgan fingerprint density at radius 3 is 2.78 bits per heavy atom. The fraction of sp³-hybridized carbons (Fsp3) is 0.909. The van der Waals surface area contributed by atoms with Gasteiger partial charge in [0.2, 0.25) is 0 Å². The minimum atomic E-state index is 0. The highest BCUT2D eigenvalue weighted by Crippen LogP contribution is 2.34. The smallest absolute Gasteiger partial charge is 0.165 e. The second-order valence-corrected chi connectivity index (χ2v) is 5.44. The molecule has 2 N–H and O–H groups in total. The highest BCUT2D eigenvalue weighted by atomic mass is 35.5. The molecule has 18 heavy (non-hydrogen) atoms. The van der Waals surface area contributed by atoms with Gasteiger partial charge < -0.3 is 5.73 Å². The maximum absolute atomic E-state index is 6.03. The average Bonchev–Trinajstić information content (AvgIpc) is 3.05. The first-order valence-corrected chi connectivity index (χ1v) is 6.48. The predicted molar refractivity (Wildman–Crippen MR) is 70.4 cm³/mol. The van der Waals surface area contributed by atoms with E-state index in [1.165, 1.54) is 12.8 Å². The topological polar surface area (TPSA) is 72.9 Å². The molecule has 0 spiro atoms. The molecular weight excluding hydrogens is 252 g/mol. The van der Waals surface area contributed by atoms with Crippen LogP contribution in [0.5, 0.6) is 0 Å². The molecule has 2 aliphatic rings. The minimum absolute atomic E-state index is 0. The Kier molecular flexibility index (Phi) is 4.19. The molecule has 3 rings (SSSR count). The van der Waals surface area contributed by atoms with Gasteiger partial charge in [-0.1, -0.05) is 6.92 Å². The normalized spacial score (nSPS) is 29.0. The van der Waals surface area contributed by atoms with Crippen LogP contribution in [0.4, 0.5) is 0 Å². The zero-order valence-corrected chi connectivity index (χ0v) is 11.5. The van der Waals surface area contributed by atoms with E-state index in [1.807, 2.05) is 4.68 Å². The molecule has 2 fully saturated rings. The number of hydrogen-bond donors (Lipinski definition) is 1. The number of nitrogens with two attached hydrogens (primary N) is 1. The summed E-state index contributed by atoms with van der Waals surface area (Å²) in [4.78, 5) is 2.42. The van der Waals surface area contributed by atoms with Gasteiger partial charge in [0.25, 0.3) is 0 Å². The van der Waals surface area contributed by atoms with E-state index in [9.17, 15) is 0 Å². The third kappa shape index (κ3) is 2.81. The maximum Gasteiger partial charge on any atom is 0.165 e. The lowest BCUT2D eigenvalue weighted by Crippen LogP contribution is -2.45. The molecule has 1 aromatic rings. The van der Waals surface area contributed by atoms with Gasteiger partial charge in [-0.05, 0) is 35.6 Å². The Morgan fingerprint density at radius 1 is 1.33 bits per heavy atom. The monoisotopic (exact) mass is 272 g/mol. The first-order valence-electron chi connectivity index (χ1n) is 6.48. The summed E-state index contributed by atoms with van der Waals surface area (Å²) in [7, 11) is 0. The van der Waals surface area contributed by atoms with Crippen LogP contribution < -0.4 is 5.73 Å². The molecule has 1 aromatic heterocycles. The van der Waals surface area contributed by atoms with Gasteiger partial charge in [0, 0.05) is 19.1 Å². The van der Waals surface area contributed by atoms with Crippen molar-refractivity contribution in [1.82, 2.24) is 25.1 Å². The number of nitrogens with zero attached hydrogens (tertiary/aromatic N) is 5. The molecule has 0 bridgehead atoms. The number of piperidine rings is 1. The summed E-state index contributed by atoms with van der Waals surface area (Å²) in [5.74, 6) is 1.57. The molecule has 1 aliphatic heterocycles. The Labute approximate surface area is 113 Å². The summed E-state index contributed by atoms with van der Waals surface area (Å²) in [5, 5.41) is 12.0. The van der Waals surface area contributed by atoms with Gasteiger partial charge >= 0.3 is 0 Å². The zero-order chi connectivity index (χ0) is 11.8. The van der Waals surface area contributed by atoms with Gasteiger partial charge in [-0.3, -0.25) is 4.90 Å². The number of rotatable bonds is 3. The van der Waals surface area contributed by atoms with Crippen LogP contribution in [0, 0.1) is 5.92 Å². The van der Waals surface area contributed by atoms with Crippen molar-refractivity contribution >= 4 is 12.4 Å². The van der Waals surface area contributed by atoms with Crippen LogP contribution in [0.2, 0.25) is 0 Å². The first kappa shape index (κ1) is 13.7. The molecule has 6 nitrogen and oxygen atoms in total. The minimum Gasteiger partial charge on any atom is -0.327 e. The Balaban J connectivity index is 0.00000120. The van der Waals surface area contributed by atoms with Crippen LogP contribution in [0.1, 0.15) is 38.1 Å². The molecule has 2 atom stereocenters. The average molecular weight is 273 g/mol. The number of aromatic nitrogens is 4. The fourth-order valence-corrected chi connectivity index (χ4v) is 2.51. The third-order valence-electron chi connectivity index (χ3n) is 3.87. The number of likely N-dealkylation sites (tertiary alicyclic amines) is 1. The van der Waals surface area contributed by atoms with Crippen LogP contribution in [0.25, 0.3) is 0 Å². The molecule has 102 valence electrons. The van der Waals surface area contributed by atoms with Crippen LogP contribution in [-0.2, 0) is 6.54 Å². The Bertz CT molecular complexity index is 391. The van der Waals surface area contributed by atoms with Gasteiger partial charge in [0.05, 0.1) is 12.6 Å². The second kappa shape index (κ2) is 5.50. The van der Waals surface area contributed by atoms with E-state index >= 15 is 0 Å². The van der Waals surface area contributed by atoms with E-state index in [-0.39, 0.29) is 12.4 Å². The van der Waals surface area contributed by atoms with Crippen LogP contribution in [-0.4, -0.2) is 44.2 Å². The summed E-state index contributed by atoms with van der Waals surface area (Å²) < 4.78 is 2.00. The first-order chi connectivity index (χ1) is 8.24. The van der Waals surface area contributed by atoms with Crippen molar-refractivity contribution in [3.63, 3.8) is 0 Å². The van der Waals surface area contributed by atoms with E-state index < -0.39 is 0 Å². The third-order valence-corrected chi connectivity index (χ3v) is 3.87. The molecule has 7 heteroatoms. The summed E-state index contributed by atoms with van der Waals surface area (Å²) in [5.41, 5.74) is 6.03. The summed E-state index contributed by atoms with van der Waals surface area (Å²) in [6, 6.07) is 0.912. The predicted octanol–water partition coefficient (Wildman–Crippen LogP) is 0.599. The summed E-state index contributed by atoms with van der Waals surface area (Å²) >= 11 is 0. The highest BCUT2D eigenvalue weighted by Gasteiger charge is 2.29. The fourth-order valence-electron chi connectivity index (χ4n) is 2.51. The van der Waals surface area contributed by atoms with Crippen molar-refractivity contribution in [3.05, 3.63) is 5.82 Å². The van der Waals surface area contributed by atoms with E-state index in [2.05, 4.69) is 27.3 Å². The molecule has 1 aliphatic carbocycles. The van der Waals surface area contributed by atoms with Gasteiger partial charge in [0.15, 0.2) is 5.82 Å². The van der Waals surface area contributed by atoms with E-state index in [0.717, 1.165) is 31.9 Å². The Morgan fingerprint density at radius 2 is 2.11 bits per heavy atom. The van der Waals surface area contributed by atoms with Crippen molar-refractivity contribution in [1.29, 1.82) is 0 Å². The molecule has 1 saturated carbocycles. The number of hydrogen-bond acceptors (Lipinski definition) is 5. The standard InChI is InChI=1S/C11H20N6.ClH/c1-8-6-16(5-4-10(8)12)7-11-13-14-15-17(11)9-2-3-9;/h8-10H,2-7,12H2,1H3;1H. The van der Waals surface area contributed by atoms with Crippen molar-refractivity contribution < 1.29 is 0 Å². The molecule has 0 aromatic carbocycles. The van der Waals surface area contributed by atoms with Crippen molar-refractivity contribution in [2.75, 3.05) is 13.1 Å².